The summed E-state index contributed by atoms with van der Waals surface area (Å²) in [5.74, 6) is -0.482. The third-order valence-corrected chi connectivity index (χ3v) is 4.25. The Balaban J connectivity index is 1.77. The van der Waals surface area contributed by atoms with Crippen molar-refractivity contribution in [1.82, 2.24) is 5.32 Å². The number of nitrogens with zero attached hydrogens (tertiary/aromatic N) is 1. The summed E-state index contributed by atoms with van der Waals surface area (Å²) in [4.78, 5) is 29.0. The molecular weight excluding hydrogens is 346 g/mol. The Morgan fingerprint density at radius 2 is 1.89 bits per heavy atom. The maximum atomic E-state index is 12.2. The van der Waals surface area contributed by atoms with Gasteiger partial charge in [0.05, 0.1) is 5.92 Å². The number of amides is 1. The van der Waals surface area contributed by atoms with Crippen molar-refractivity contribution in [2.75, 3.05) is 0 Å². The first-order valence-corrected chi connectivity index (χ1v) is 9.20. The molecule has 1 aliphatic rings. The summed E-state index contributed by atoms with van der Waals surface area (Å²) in [5, 5.41) is 6.55. The molecule has 7 nitrogen and oxygen atoms in total. The molecule has 148 valence electrons. The third kappa shape index (κ3) is 7.29. The van der Waals surface area contributed by atoms with Crippen LogP contribution in [0.5, 0.6) is 0 Å². The van der Waals surface area contributed by atoms with Crippen molar-refractivity contribution in [3.05, 3.63) is 35.4 Å². The number of benzene rings is 1. The van der Waals surface area contributed by atoms with Crippen molar-refractivity contribution in [1.29, 1.82) is 0 Å². The quantitative estimate of drug-likeness (QED) is 0.356. The molecular formula is C20H29N3O4. The number of aryl methyl sites for hydroxylation is 1. The van der Waals surface area contributed by atoms with Gasteiger partial charge in [0, 0.05) is 12.5 Å². The van der Waals surface area contributed by atoms with E-state index in [2.05, 4.69) is 10.5 Å². The zero-order valence-corrected chi connectivity index (χ0v) is 16.5. The van der Waals surface area contributed by atoms with Gasteiger partial charge < -0.3 is 20.6 Å². The van der Waals surface area contributed by atoms with Gasteiger partial charge in [-0.25, -0.2) is 9.59 Å². The predicted molar refractivity (Wildman–Crippen MR) is 103 cm³/mol. The summed E-state index contributed by atoms with van der Waals surface area (Å²) in [6.45, 7) is 7.43. The van der Waals surface area contributed by atoms with Crippen molar-refractivity contribution >= 4 is 17.9 Å². The topological polar surface area (TPSA) is 103 Å². The number of hydrogen-bond acceptors (Lipinski definition) is 5. The maximum absolute atomic E-state index is 12.2. The number of alkyl carbamates (subject to hydrolysis) is 1. The molecule has 27 heavy (non-hydrogen) atoms. The van der Waals surface area contributed by atoms with Gasteiger partial charge in [-0.1, -0.05) is 35.0 Å². The fourth-order valence-electron chi connectivity index (χ4n) is 2.93. The first-order valence-electron chi connectivity index (χ1n) is 9.20. The van der Waals surface area contributed by atoms with Crippen molar-refractivity contribution in [3.8, 4) is 0 Å². The molecule has 1 saturated carbocycles. The Morgan fingerprint density at radius 1 is 1.22 bits per heavy atom. The van der Waals surface area contributed by atoms with E-state index < -0.39 is 17.7 Å². The van der Waals surface area contributed by atoms with Crippen LogP contribution in [0.15, 0.2) is 29.4 Å². The first kappa shape index (κ1) is 20.7. The summed E-state index contributed by atoms with van der Waals surface area (Å²) in [5.41, 5.74) is 7.45. The minimum Gasteiger partial charge on any atom is -0.444 e. The molecule has 1 fully saturated rings. The Bertz CT molecular complexity index is 692. The SMILES string of the molecule is Cc1ccc(C/C(N)=N\OC(=O)[C@H]2CC[C@H](NC(=O)OC(C)(C)C)C2)cc1. The van der Waals surface area contributed by atoms with E-state index in [9.17, 15) is 9.59 Å². The lowest BCUT2D eigenvalue weighted by Crippen LogP contribution is -2.38. The van der Waals surface area contributed by atoms with Crippen LogP contribution in [0.25, 0.3) is 0 Å². The molecule has 1 aromatic rings. The van der Waals surface area contributed by atoms with Crippen LogP contribution in [-0.2, 0) is 20.8 Å². The molecule has 1 aromatic carbocycles. The number of rotatable bonds is 5. The van der Waals surface area contributed by atoms with Gasteiger partial charge in [-0.2, -0.15) is 0 Å². The molecule has 1 amide bonds. The van der Waals surface area contributed by atoms with Crippen LogP contribution >= 0.6 is 0 Å². The Hall–Kier alpha value is -2.57. The van der Waals surface area contributed by atoms with Crippen LogP contribution in [0.1, 0.15) is 51.2 Å². The standard InChI is InChI=1S/C20H29N3O4/c1-13-5-7-14(8-6-13)11-17(21)23-27-18(24)15-9-10-16(12-15)22-19(25)26-20(2,3)4/h5-8,15-16H,9-12H2,1-4H3,(H2,21,23)(H,22,25)/t15-,16-/m0/s1. The van der Waals surface area contributed by atoms with Crippen LogP contribution in [-0.4, -0.2) is 29.5 Å². The molecule has 0 saturated heterocycles. The highest BCUT2D eigenvalue weighted by Gasteiger charge is 2.33. The van der Waals surface area contributed by atoms with E-state index in [1.807, 2.05) is 31.2 Å². The van der Waals surface area contributed by atoms with Crippen molar-refractivity contribution in [2.24, 2.45) is 16.8 Å². The molecule has 0 heterocycles. The summed E-state index contributed by atoms with van der Waals surface area (Å²) < 4.78 is 5.23. The largest absolute Gasteiger partial charge is 0.444 e. The molecule has 0 unspecified atom stereocenters. The van der Waals surface area contributed by atoms with Gasteiger partial charge >= 0.3 is 12.1 Å². The van der Waals surface area contributed by atoms with Crippen LogP contribution in [0.3, 0.4) is 0 Å². The highest BCUT2D eigenvalue weighted by Crippen LogP contribution is 2.27. The third-order valence-electron chi connectivity index (χ3n) is 4.25. The second-order valence-corrected chi connectivity index (χ2v) is 8.01. The fraction of sp³-hybridized carbons (Fsp3) is 0.550. The molecule has 0 aromatic heterocycles. The molecule has 2 rings (SSSR count). The Labute approximate surface area is 160 Å². The zero-order valence-electron chi connectivity index (χ0n) is 16.5. The minimum atomic E-state index is -0.551. The number of amidine groups is 1. The molecule has 0 bridgehead atoms. The number of ether oxygens (including phenoxy) is 1. The second-order valence-electron chi connectivity index (χ2n) is 8.01. The summed E-state index contributed by atoms with van der Waals surface area (Å²) in [7, 11) is 0. The van der Waals surface area contributed by atoms with Gasteiger partial charge in [0.1, 0.15) is 11.4 Å². The van der Waals surface area contributed by atoms with Gasteiger partial charge in [0.25, 0.3) is 0 Å². The summed E-state index contributed by atoms with van der Waals surface area (Å²) >= 11 is 0. The molecule has 3 N–H and O–H groups in total. The lowest BCUT2D eigenvalue weighted by Gasteiger charge is -2.21. The lowest BCUT2D eigenvalue weighted by atomic mass is 10.1. The smallest absolute Gasteiger partial charge is 0.407 e. The fourth-order valence-corrected chi connectivity index (χ4v) is 2.93. The summed E-state index contributed by atoms with van der Waals surface area (Å²) in [6, 6.07) is 7.80. The Morgan fingerprint density at radius 3 is 2.52 bits per heavy atom. The minimum absolute atomic E-state index is 0.105. The van der Waals surface area contributed by atoms with E-state index in [1.165, 1.54) is 0 Å². The number of carbonyl (C=O) groups excluding carboxylic acids is 2. The van der Waals surface area contributed by atoms with Crippen LogP contribution in [0, 0.1) is 12.8 Å². The van der Waals surface area contributed by atoms with Crippen molar-refractivity contribution in [3.63, 3.8) is 0 Å². The van der Waals surface area contributed by atoms with Crippen LogP contribution in [0.2, 0.25) is 0 Å². The first-order chi connectivity index (χ1) is 12.6. The zero-order chi connectivity index (χ0) is 20.0. The monoisotopic (exact) mass is 375 g/mol. The highest BCUT2D eigenvalue weighted by molar-refractivity contribution is 5.83. The number of hydrogen-bond donors (Lipinski definition) is 2. The van der Waals surface area contributed by atoms with Crippen LogP contribution in [0.4, 0.5) is 4.79 Å². The van der Waals surface area contributed by atoms with Gasteiger partial charge in [-0.15, -0.1) is 0 Å². The maximum Gasteiger partial charge on any atom is 0.407 e. The summed E-state index contributed by atoms with van der Waals surface area (Å²) in [6.07, 6.45) is 1.78. The normalized spacial score (nSPS) is 20.2. The predicted octanol–water partition coefficient (Wildman–Crippen LogP) is 3.05. The van der Waals surface area contributed by atoms with Crippen molar-refractivity contribution < 1.29 is 19.2 Å². The average Bonchev–Trinajstić information content (AvgIpc) is 3.01. The average molecular weight is 375 g/mol. The molecule has 0 radical (unpaired) electrons. The van der Waals surface area contributed by atoms with Crippen molar-refractivity contribution in [2.45, 2.75) is 65.0 Å². The number of carbonyl (C=O) groups is 2. The van der Waals surface area contributed by atoms with Crippen LogP contribution < -0.4 is 11.1 Å². The number of nitrogens with two attached hydrogens (primary N) is 1. The second kappa shape index (κ2) is 8.88. The van der Waals surface area contributed by atoms with E-state index in [4.69, 9.17) is 15.3 Å². The van der Waals surface area contributed by atoms with E-state index in [1.54, 1.807) is 20.8 Å². The van der Waals surface area contributed by atoms with Gasteiger partial charge in [0.15, 0.2) is 0 Å². The molecule has 0 spiro atoms. The number of nitrogens with one attached hydrogen (secondary N) is 1. The molecule has 2 atom stereocenters. The Kier molecular flexibility index (Phi) is 6.82. The molecule has 0 aliphatic heterocycles. The van der Waals surface area contributed by atoms with Gasteiger partial charge in [-0.05, 0) is 52.5 Å². The van der Waals surface area contributed by atoms with Gasteiger partial charge in [0.2, 0.25) is 0 Å². The van der Waals surface area contributed by atoms with E-state index in [-0.39, 0.29) is 17.8 Å². The molecule has 7 heteroatoms. The van der Waals surface area contributed by atoms with Gasteiger partial charge in [-0.3, -0.25) is 0 Å². The van der Waals surface area contributed by atoms with E-state index >= 15 is 0 Å². The lowest BCUT2D eigenvalue weighted by molar-refractivity contribution is -0.148. The van der Waals surface area contributed by atoms with E-state index in [0.29, 0.717) is 25.7 Å². The highest BCUT2D eigenvalue weighted by atomic mass is 16.7. The number of oxime groups is 1. The molecule has 1 aliphatic carbocycles. The van der Waals surface area contributed by atoms with E-state index in [0.717, 1.165) is 11.1 Å².